The van der Waals surface area contributed by atoms with E-state index in [1.54, 1.807) is 18.2 Å². The minimum atomic E-state index is -0.455. The van der Waals surface area contributed by atoms with Crippen LogP contribution < -0.4 is 4.80 Å². The van der Waals surface area contributed by atoms with E-state index in [4.69, 9.17) is 0 Å². The highest BCUT2D eigenvalue weighted by molar-refractivity contribution is 7.16. The van der Waals surface area contributed by atoms with E-state index in [0.29, 0.717) is 10.4 Å². The number of fused-ring (bicyclic) bond motifs is 1. The molecule has 0 saturated carbocycles. The third kappa shape index (κ3) is 3.88. The molecule has 1 aromatic heterocycles. The summed E-state index contributed by atoms with van der Waals surface area (Å²) in [5.74, 6) is -0.364. The number of aromatic nitrogens is 1. The van der Waals surface area contributed by atoms with Crippen molar-refractivity contribution in [3.63, 3.8) is 0 Å². The lowest BCUT2D eigenvalue weighted by Crippen LogP contribution is -2.15. The summed E-state index contributed by atoms with van der Waals surface area (Å²) in [6.45, 7) is 6.87. The van der Waals surface area contributed by atoms with Gasteiger partial charge in [0.25, 0.3) is 11.6 Å². The first-order chi connectivity index (χ1) is 12.9. The zero-order chi connectivity index (χ0) is 19.6. The Labute approximate surface area is 160 Å². The number of hydrogen-bond acceptors (Lipinski definition) is 4. The zero-order valence-corrected chi connectivity index (χ0v) is 16.1. The molecule has 0 atom stereocenters. The van der Waals surface area contributed by atoms with E-state index in [9.17, 15) is 14.9 Å². The van der Waals surface area contributed by atoms with Crippen LogP contribution in [0.5, 0.6) is 0 Å². The zero-order valence-electron chi connectivity index (χ0n) is 15.3. The van der Waals surface area contributed by atoms with Crippen LogP contribution in [-0.4, -0.2) is 15.4 Å². The van der Waals surface area contributed by atoms with Crippen LogP contribution in [0.4, 0.5) is 5.69 Å². The molecular weight excluding hydrogens is 362 g/mol. The van der Waals surface area contributed by atoms with Crippen molar-refractivity contribution in [1.82, 2.24) is 4.57 Å². The van der Waals surface area contributed by atoms with Crippen molar-refractivity contribution >= 4 is 39.2 Å². The van der Waals surface area contributed by atoms with E-state index in [1.807, 2.05) is 6.92 Å². The minimum Gasteiger partial charge on any atom is -0.316 e. The van der Waals surface area contributed by atoms with Crippen molar-refractivity contribution < 1.29 is 9.72 Å². The highest BCUT2D eigenvalue weighted by Crippen LogP contribution is 2.24. The molecule has 3 rings (SSSR count). The molecule has 138 valence electrons. The summed E-state index contributed by atoms with van der Waals surface area (Å²) in [5.41, 5.74) is 4.16. The van der Waals surface area contributed by atoms with Crippen LogP contribution in [0.1, 0.15) is 23.6 Å². The van der Waals surface area contributed by atoms with Crippen molar-refractivity contribution in [3.05, 3.63) is 74.1 Å². The van der Waals surface area contributed by atoms with E-state index in [1.165, 1.54) is 29.5 Å². The Hall–Kier alpha value is -3.06. The smallest absolute Gasteiger partial charge is 0.272 e. The van der Waals surface area contributed by atoms with Crippen LogP contribution in [0.3, 0.4) is 0 Å². The number of carbonyl (C=O) groups excluding carboxylic acids is 1. The molecule has 2 aromatic carbocycles. The number of rotatable bonds is 4. The monoisotopic (exact) mass is 381 g/mol. The summed E-state index contributed by atoms with van der Waals surface area (Å²) in [4.78, 5) is 27.5. The number of aryl methyl sites for hydroxylation is 3. The Morgan fingerprint density at radius 2 is 1.85 bits per heavy atom. The first-order valence-corrected chi connectivity index (χ1v) is 9.33. The fraction of sp³-hybridized carbons (Fsp3) is 0.200. The normalized spacial score (nSPS) is 12.2. The number of benzene rings is 2. The van der Waals surface area contributed by atoms with Gasteiger partial charge in [0.05, 0.1) is 15.1 Å². The van der Waals surface area contributed by atoms with Gasteiger partial charge in [-0.15, -0.1) is 0 Å². The lowest BCUT2D eigenvalue weighted by molar-refractivity contribution is -0.384. The molecule has 1 amide bonds. The van der Waals surface area contributed by atoms with Crippen molar-refractivity contribution in [2.24, 2.45) is 4.99 Å². The van der Waals surface area contributed by atoms with Gasteiger partial charge in [0.2, 0.25) is 0 Å². The fourth-order valence-electron chi connectivity index (χ4n) is 2.86. The molecule has 3 aromatic rings. The summed E-state index contributed by atoms with van der Waals surface area (Å²) in [7, 11) is 0. The Morgan fingerprint density at radius 3 is 2.48 bits per heavy atom. The molecular formula is C20H19N3O3S. The molecule has 0 aliphatic rings. The van der Waals surface area contributed by atoms with Gasteiger partial charge in [-0.3, -0.25) is 14.9 Å². The van der Waals surface area contributed by atoms with Crippen molar-refractivity contribution in [2.75, 3.05) is 0 Å². The SMILES string of the molecule is CCn1c(=NC(=O)/C=C\c2ccc([N+](=O)[O-])cc2)sc2c(C)ccc(C)c21. The van der Waals surface area contributed by atoms with E-state index in [-0.39, 0.29) is 11.6 Å². The standard InChI is InChI=1S/C20H19N3O3S/c1-4-22-18-13(2)5-6-14(3)19(18)27-20(22)21-17(24)12-9-15-7-10-16(11-8-15)23(25)26/h5-12H,4H2,1-3H3/b12-9-,21-20?. The second kappa shape index (κ2) is 7.67. The number of amides is 1. The lowest BCUT2D eigenvalue weighted by Gasteiger charge is -2.04. The molecule has 0 aliphatic heterocycles. The molecule has 0 N–H and O–H groups in total. The minimum absolute atomic E-state index is 0.0168. The second-order valence-corrected chi connectivity index (χ2v) is 7.12. The van der Waals surface area contributed by atoms with Crippen LogP contribution in [-0.2, 0) is 11.3 Å². The molecule has 0 fully saturated rings. The van der Waals surface area contributed by atoms with Gasteiger partial charge < -0.3 is 4.57 Å². The maximum Gasteiger partial charge on any atom is 0.272 e. The molecule has 0 unspecified atom stereocenters. The summed E-state index contributed by atoms with van der Waals surface area (Å²) in [6.07, 6.45) is 2.99. The van der Waals surface area contributed by atoms with Crippen molar-refractivity contribution in [3.8, 4) is 0 Å². The number of nitro benzene ring substituents is 1. The van der Waals surface area contributed by atoms with E-state index >= 15 is 0 Å². The van der Waals surface area contributed by atoms with E-state index < -0.39 is 4.92 Å². The number of hydrogen-bond donors (Lipinski definition) is 0. The van der Waals surface area contributed by atoms with Crippen LogP contribution in [0.2, 0.25) is 0 Å². The highest BCUT2D eigenvalue weighted by atomic mass is 32.1. The van der Waals surface area contributed by atoms with Gasteiger partial charge in [-0.1, -0.05) is 23.5 Å². The van der Waals surface area contributed by atoms with Crippen LogP contribution in [0, 0.1) is 24.0 Å². The molecule has 0 spiro atoms. The maximum absolute atomic E-state index is 12.3. The summed E-state index contributed by atoms with van der Waals surface area (Å²) < 4.78 is 3.20. The van der Waals surface area contributed by atoms with Gasteiger partial charge in [-0.25, -0.2) is 0 Å². The fourth-order valence-corrected chi connectivity index (χ4v) is 4.11. The molecule has 27 heavy (non-hydrogen) atoms. The summed E-state index contributed by atoms with van der Waals surface area (Å²) in [6, 6.07) is 10.2. The Morgan fingerprint density at radius 1 is 1.19 bits per heavy atom. The van der Waals surface area contributed by atoms with Crippen LogP contribution >= 0.6 is 11.3 Å². The largest absolute Gasteiger partial charge is 0.316 e. The molecule has 6 nitrogen and oxygen atoms in total. The number of thiazole rings is 1. The molecule has 7 heteroatoms. The molecule has 0 bridgehead atoms. The molecule has 1 heterocycles. The average molecular weight is 381 g/mol. The lowest BCUT2D eigenvalue weighted by atomic mass is 10.1. The highest BCUT2D eigenvalue weighted by Gasteiger charge is 2.10. The number of carbonyl (C=O) groups is 1. The van der Waals surface area contributed by atoms with Gasteiger partial charge in [-0.05, 0) is 55.7 Å². The predicted octanol–water partition coefficient (Wildman–Crippen LogP) is 4.39. The Kier molecular flexibility index (Phi) is 5.32. The van der Waals surface area contributed by atoms with E-state index in [2.05, 4.69) is 35.5 Å². The van der Waals surface area contributed by atoms with Crippen molar-refractivity contribution in [1.29, 1.82) is 0 Å². The second-order valence-electron chi connectivity index (χ2n) is 6.14. The van der Waals surface area contributed by atoms with Gasteiger partial charge in [0.15, 0.2) is 4.80 Å². The molecule has 0 radical (unpaired) electrons. The topological polar surface area (TPSA) is 77.5 Å². The van der Waals surface area contributed by atoms with Crippen molar-refractivity contribution in [2.45, 2.75) is 27.3 Å². The third-order valence-corrected chi connectivity index (χ3v) is 5.48. The van der Waals surface area contributed by atoms with Crippen LogP contribution in [0.15, 0.2) is 47.5 Å². The first-order valence-electron chi connectivity index (χ1n) is 8.51. The summed E-state index contributed by atoms with van der Waals surface area (Å²) >= 11 is 1.51. The van der Waals surface area contributed by atoms with Gasteiger partial charge in [0, 0.05) is 24.8 Å². The van der Waals surface area contributed by atoms with E-state index in [0.717, 1.165) is 27.9 Å². The summed E-state index contributed by atoms with van der Waals surface area (Å²) in [5, 5.41) is 10.7. The first kappa shape index (κ1) is 18.7. The van der Waals surface area contributed by atoms with Crippen LogP contribution in [0.25, 0.3) is 16.3 Å². The van der Waals surface area contributed by atoms with Gasteiger partial charge in [-0.2, -0.15) is 4.99 Å². The average Bonchev–Trinajstić information content (AvgIpc) is 3.02. The van der Waals surface area contributed by atoms with Gasteiger partial charge in [0.1, 0.15) is 0 Å². The Balaban J connectivity index is 1.94. The third-order valence-electron chi connectivity index (χ3n) is 4.27. The number of nitro groups is 1. The quantitative estimate of drug-likeness (QED) is 0.382. The van der Waals surface area contributed by atoms with Gasteiger partial charge >= 0.3 is 0 Å². The molecule has 0 aliphatic carbocycles. The maximum atomic E-state index is 12.3. The number of nitrogens with zero attached hydrogens (tertiary/aromatic N) is 3. The predicted molar refractivity (Wildman–Crippen MR) is 108 cm³/mol. The molecule has 0 saturated heterocycles. The number of non-ortho nitro benzene ring substituents is 1. The Bertz CT molecular complexity index is 1120.